The molecule has 3 nitrogen and oxygen atoms in total. The highest BCUT2D eigenvalue weighted by Gasteiger charge is 2.29. The zero-order chi connectivity index (χ0) is 19.1. The molecule has 0 bridgehead atoms. The number of hydrogen-bond donors (Lipinski definition) is 0. The largest absolute Gasteiger partial charge is 0.416 e. The minimum atomic E-state index is -4.33. The third kappa shape index (κ3) is 5.67. The van der Waals surface area contributed by atoms with Crippen LogP contribution in [0.3, 0.4) is 0 Å². The molecular formula is C21H18F3N3. The normalized spacial score (nSPS) is 11.7. The van der Waals surface area contributed by atoms with E-state index in [0.717, 1.165) is 28.8 Å². The van der Waals surface area contributed by atoms with Crippen LogP contribution in [-0.2, 0) is 19.3 Å². The van der Waals surface area contributed by atoms with Gasteiger partial charge in [0.2, 0.25) is 0 Å². The quantitative estimate of drug-likeness (QED) is 0.445. The van der Waals surface area contributed by atoms with Gasteiger partial charge in [-0.1, -0.05) is 48.5 Å². The summed E-state index contributed by atoms with van der Waals surface area (Å²) in [6.07, 6.45) is 0.740. The third-order valence-corrected chi connectivity index (χ3v) is 3.91. The Kier molecular flexibility index (Phi) is 5.86. The Balaban J connectivity index is 1.77. The molecule has 1 heterocycles. The molecule has 0 saturated carbocycles. The summed E-state index contributed by atoms with van der Waals surface area (Å²) in [5.41, 5.74) is 2.01. The lowest BCUT2D eigenvalue weighted by atomic mass is 10.1. The van der Waals surface area contributed by atoms with Crippen LogP contribution in [0.15, 0.2) is 84.2 Å². The molecular weight excluding hydrogens is 351 g/mol. The van der Waals surface area contributed by atoms with E-state index in [2.05, 4.69) is 10.1 Å². The standard InChI is InChI=1S/C21H18F3N3/c22-21(23,24)20-10-8-18(9-11-20)16-27(15-17-5-2-1-3-6-17)26-14-19-7-4-12-25-13-19/h1-14H,15-16H2. The Morgan fingerprint density at radius 2 is 1.52 bits per heavy atom. The lowest BCUT2D eigenvalue weighted by Crippen LogP contribution is -2.17. The van der Waals surface area contributed by atoms with Crippen molar-refractivity contribution < 1.29 is 13.2 Å². The highest BCUT2D eigenvalue weighted by molar-refractivity contribution is 5.78. The van der Waals surface area contributed by atoms with Crippen molar-refractivity contribution in [3.05, 3.63) is 101 Å². The molecule has 138 valence electrons. The van der Waals surface area contributed by atoms with Gasteiger partial charge in [-0.15, -0.1) is 0 Å². The molecule has 0 fully saturated rings. The summed E-state index contributed by atoms with van der Waals surface area (Å²) < 4.78 is 38.2. The fraction of sp³-hybridized carbons (Fsp3) is 0.143. The summed E-state index contributed by atoms with van der Waals surface area (Å²) in [6, 6.07) is 18.7. The lowest BCUT2D eigenvalue weighted by molar-refractivity contribution is -0.137. The fourth-order valence-electron chi connectivity index (χ4n) is 2.54. The molecule has 3 aromatic rings. The SMILES string of the molecule is FC(F)(F)c1ccc(CN(Cc2ccccc2)N=Cc2cccnc2)cc1. The summed E-state index contributed by atoms with van der Waals surface area (Å²) in [5, 5.41) is 6.31. The van der Waals surface area contributed by atoms with E-state index in [-0.39, 0.29) is 0 Å². The number of benzene rings is 2. The lowest BCUT2D eigenvalue weighted by Gasteiger charge is -2.20. The van der Waals surface area contributed by atoms with Crippen molar-refractivity contribution >= 4 is 6.21 Å². The zero-order valence-electron chi connectivity index (χ0n) is 14.5. The van der Waals surface area contributed by atoms with Crippen molar-refractivity contribution in [1.29, 1.82) is 0 Å². The number of rotatable bonds is 6. The molecule has 1 aromatic heterocycles. The van der Waals surface area contributed by atoms with Crippen LogP contribution in [-0.4, -0.2) is 16.2 Å². The van der Waals surface area contributed by atoms with E-state index >= 15 is 0 Å². The van der Waals surface area contributed by atoms with Crippen LogP contribution < -0.4 is 0 Å². The Labute approximate surface area is 155 Å². The molecule has 6 heteroatoms. The van der Waals surface area contributed by atoms with Gasteiger partial charge in [0.25, 0.3) is 0 Å². The Hall–Kier alpha value is -3.15. The smallest absolute Gasteiger partial charge is 0.288 e. The molecule has 27 heavy (non-hydrogen) atoms. The summed E-state index contributed by atoms with van der Waals surface area (Å²) in [6.45, 7) is 0.933. The second kappa shape index (κ2) is 8.49. The van der Waals surface area contributed by atoms with Gasteiger partial charge in [0.05, 0.1) is 24.9 Å². The molecule has 3 rings (SSSR count). The predicted molar refractivity (Wildman–Crippen MR) is 99.0 cm³/mol. The van der Waals surface area contributed by atoms with Gasteiger partial charge in [-0.2, -0.15) is 18.3 Å². The van der Waals surface area contributed by atoms with Crippen LogP contribution in [0.25, 0.3) is 0 Å². The van der Waals surface area contributed by atoms with Gasteiger partial charge in [0.1, 0.15) is 0 Å². The molecule has 0 N–H and O–H groups in total. The molecule has 0 spiro atoms. The Morgan fingerprint density at radius 1 is 0.852 bits per heavy atom. The highest BCUT2D eigenvalue weighted by atomic mass is 19.4. The maximum Gasteiger partial charge on any atom is 0.416 e. The Morgan fingerprint density at radius 3 is 2.11 bits per heavy atom. The molecule has 0 unspecified atom stereocenters. The van der Waals surface area contributed by atoms with E-state index in [4.69, 9.17) is 0 Å². The minimum Gasteiger partial charge on any atom is -0.288 e. The predicted octanol–water partition coefficient (Wildman–Crippen LogP) is 5.14. The van der Waals surface area contributed by atoms with Gasteiger partial charge in [0.15, 0.2) is 0 Å². The van der Waals surface area contributed by atoms with Crippen LogP contribution in [0.2, 0.25) is 0 Å². The van der Waals surface area contributed by atoms with Crippen molar-refractivity contribution in [2.24, 2.45) is 5.10 Å². The fourth-order valence-corrected chi connectivity index (χ4v) is 2.54. The zero-order valence-corrected chi connectivity index (χ0v) is 14.5. The molecule has 0 amide bonds. The van der Waals surface area contributed by atoms with E-state index in [1.165, 1.54) is 12.1 Å². The van der Waals surface area contributed by atoms with Crippen LogP contribution in [0.4, 0.5) is 13.2 Å². The second-order valence-corrected chi connectivity index (χ2v) is 6.03. The third-order valence-electron chi connectivity index (χ3n) is 3.91. The number of nitrogens with zero attached hydrogens (tertiary/aromatic N) is 3. The van der Waals surface area contributed by atoms with Gasteiger partial charge in [-0.05, 0) is 29.3 Å². The average molecular weight is 369 g/mol. The van der Waals surface area contributed by atoms with Gasteiger partial charge in [-0.3, -0.25) is 9.99 Å². The highest BCUT2D eigenvalue weighted by Crippen LogP contribution is 2.29. The second-order valence-electron chi connectivity index (χ2n) is 6.03. The summed E-state index contributed by atoms with van der Waals surface area (Å²) in [7, 11) is 0. The first-order chi connectivity index (χ1) is 13.0. The van der Waals surface area contributed by atoms with E-state index < -0.39 is 11.7 Å². The molecule has 0 aliphatic rings. The first kappa shape index (κ1) is 18.6. The van der Waals surface area contributed by atoms with Gasteiger partial charge < -0.3 is 0 Å². The van der Waals surface area contributed by atoms with Gasteiger partial charge in [0, 0.05) is 18.0 Å². The van der Waals surface area contributed by atoms with Crippen molar-refractivity contribution in [2.75, 3.05) is 0 Å². The summed E-state index contributed by atoms with van der Waals surface area (Å²) in [4.78, 5) is 4.05. The number of hydrazone groups is 1. The monoisotopic (exact) mass is 369 g/mol. The Bertz CT molecular complexity index is 861. The number of halogens is 3. The molecule has 0 aliphatic carbocycles. The first-order valence-electron chi connectivity index (χ1n) is 8.40. The molecule has 0 atom stereocenters. The van der Waals surface area contributed by atoms with Gasteiger partial charge in [-0.25, -0.2) is 0 Å². The molecule has 0 radical (unpaired) electrons. The van der Waals surface area contributed by atoms with Crippen molar-refractivity contribution in [3.63, 3.8) is 0 Å². The van der Waals surface area contributed by atoms with Crippen LogP contribution in [0.1, 0.15) is 22.3 Å². The summed E-state index contributed by atoms with van der Waals surface area (Å²) in [5.74, 6) is 0. The van der Waals surface area contributed by atoms with E-state index in [9.17, 15) is 13.2 Å². The van der Waals surface area contributed by atoms with Crippen molar-refractivity contribution in [1.82, 2.24) is 9.99 Å². The van der Waals surface area contributed by atoms with Crippen LogP contribution in [0.5, 0.6) is 0 Å². The molecule has 0 aliphatic heterocycles. The van der Waals surface area contributed by atoms with E-state index in [1.807, 2.05) is 47.5 Å². The maximum atomic E-state index is 12.7. The van der Waals surface area contributed by atoms with Crippen molar-refractivity contribution in [3.8, 4) is 0 Å². The van der Waals surface area contributed by atoms with Gasteiger partial charge >= 0.3 is 6.18 Å². The van der Waals surface area contributed by atoms with Crippen LogP contribution >= 0.6 is 0 Å². The summed E-state index contributed by atoms with van der Waals surface area (Å²) >= 11 is 0. The topological polar surface area (TPSA) is 28.5 Å². The van der Waals surface area contributed by atoms with Crippen LogP contribution in [0, 0.1) is 0 Å². The first-order valence-corrected chi connectivity index (χ1v) is 8.40. The average Bonchev–Trinajstić information content (AvgIpc) is 2.67. The number of pyridine rings is 1. The molecule has 2 aromatic carbocycles. The van der Waals surface area contributed by atoms with Crippen molar-refractivity contribution in [2.45, 2.75) is 19.3 Å². The van der Waals surface area contributed by atoms with E-state index in [1.54, 1.807) is 18.6 Å². The molecule has 0 saturated heterocycles. The van der Waals surface area contributed by atoms with E-state index in [0.29, 0.717) is 13.1 Å². The number of hydrogen-bond acceptors (Lipinski definition) is 3. The maximum absolute atomic E-state index is 12.7. The minimum absolute atomic E-state index is 0.393. The number of aromatic nitrogens is 1. The number of alkyl halides is 3.